The summed E-state index contributed by atoms with van der Waals surface area (Å²) in [5, 5.41) is 3.77. The number of aromatic nitrogens is 3. The van der Waals surface area contributed by atoms with Crippen molar-refractivity contribution in [3.63, 3.8) is 0 Å². The molecule has 4 aromatic rings. The Hall–Kier alpha value is -2.83. The monoisotopic (exact) mass is 427 g/mol. The van der Waals surface area contributed by atoms with Gasteiger partial charge in [-0.2, -0.15) is 0 Å². The number of carbonyl (C=O) groups is 1. The van der Waals surface area contributed by atoms with Gasteiger partial charge < -0.3 is 11.1 Å². The first-order valence-corrected chi connectivity index (χ1v) is 9.99. The Bertz CT molecular complexity index is 1250. The van der Waals surface area contributed by atoms with Crippen molar-refractivity contribution < 1.29 is 4.79 Å². The summed E-state index contributed by atoms with van der Waals surface area (Å²) in [5.41, 5.74) is 9.71. The Morgan fingerprint density at radius 2 is 1.83 bits per heavy atom. The maximum absolute atomic E-state index is 13.0. The number of nitrogens with one attached hydrogen (secondary N) is 1. The molecule has 8 heteroatoms. The molecule has 0 spiro atoms. The summed E-state index contributed by atoms with van der Waals surface area (Å²) in [6, 6.07) is 12.6. The molecular weight excluding hydrogens is 409 g/mol. The molecule has 148 valence electrons. The number of hydrogen-bond acceptors (Lipinski definition) is 4. The number of nitrogens with zero attached hydrogens (tertiary/aromatic N) is 3. The lowest BCUT2D eigenvalue weighted by Crippen LogP contribution is -2.32. The van der Waals surface area contributed by atoms with Crippen molar-refractivity contribution in [1.29, 1.82) is 0 Å². The van der Waals surface area contributed by atoms with Gasteiger partial charge in [-0.25, -0.2) is 9.97 Å². The number of fused-ring (bicyclic) bond motifs is 2. The molecule has 0 saturated carbocycles. The highest BCUT2D eigenvalue weighted by Crippen LogP contribution is 2.33. The van der Waals surface area contributed by atoms with Crippen LogP contribution >= 0.6 is 23.2 Å². The molecule has 2 heterocycles. The van der Waals surface area contributed by atoms with E-state index in [1.807, 2.05) is 38.1 Å². The van der Waals surface area contributed by atoms with Crippen LogP contribution in [0.5, 0.6) is 0 Å². The van der Waals surface area contributed by atoms with Crippen molar-refractivity contribution in [1.82, 2.24) is 19.9 Å². The molecule has 0 unspecified atom stereocenters. The van der Waals surface area contributed by atoms with Crippen LogP contribution in [0.3, 0.4) is 0 Å². The summed E-state index contributed by atoms with van der Waals surface area (Å²) in [6.45, 7) is 3.94. The van der Waals surface area contributed by atoms with E-state index in [9.17, 15) is 4.79 Å². The van der Waals surface area contributed by atoms with Gasteiger partial charge in [0.15, 0.2) is 5.65 Å². The SMILES string of the molecule is CC[C@H](C)NC(=O)c1c(N)n(-c2ccc(Cl)c(Cl)c2)c2nc3ccccc3nc12. The summed E-state index contributed by atoms with van der Waals surface area (Å²) in [4.78, 5) is 22.5. The number of halogens is 2. The Labute approximate surface area is 177 Å². The first-order chi connectivity index (χ1) is 13.9. The molecule has 0 saturated heterocycles. The van der Waals surface area contributed by atoms with Gasteiger partial charge in [0, 0.05) is 6.04 Å². The molecule has 0 aliphatic heterocycles. The fourth-order valence-electron chi connectivity index (χ4n) is 3.17. The highest BCUT2D eigenvalue weighted by Gasteiger charge is 2.25. The number of anilines is 1. The van der Waals surface area contributed by atoms with Gasteiger partial charge in [0.2, 0.25) is 0 Å². The van der Waals surface area contributed by atoms with Crippen molar-refractivity contribution in [2.75, 3.05) is 5.73 Å². The van der Waals surface area contributed by atoms with Crippen LogP contribution in [-0.2, 0) is 0 Å². The predicted molar refractivity (Wildman–Crippen MR) is 118 cm³/mol. The molecule has 0 aliphatic carbocycles. The first kappa shape index (κ1) is 19.5. The minimum Gasteiger partial charge on any atom is -0.384 e. The lowest BCUT2D eigenvalue weighted by Gasteiger charge is -2.12. The number of hydrogen-bond donors (Lipinski definition) is 2. The summed E-state index contributed by atoms with van der Waals surface area (Å²) in [6.07, 6.45) is 0.797. The number of amides is 1. The fraction of sp³-hybridized carbons (Fsp3) is 0.190. The number of rotatable bonds is 4. The van der Waals surface area contributed by atoms with Crippen molar-refractivity contribution >= 4 is 57.1 Å². The molecule has 6 nitrogen and oxygen atoms in total. The average molecular weight is 428 g/mol. The van der Waals surface area contributed by atoms with E-state index in [4.69, 9.17) is 38.9 Å². The summed E-state index contributed by atoms with van der Waals surface area (Å²) in [5.74, 6) is -0.0419. The van der Waals surface area contributed by atoms with Gasteiger partial charge in [-0.15, -0.1) is 0 Å². The van der Waals surface area contributed by atoms with Crippen molar-refractivity contribution in [3.8, 4) is 5.69 Å². The minimum atomic E-state index is -0.287. The van der Waals surface area contributed by atoms with Crippen molar-refractivity contribution in [2.45, 2.75) is 26.3 Å². The molecule has 4 rings (SSSR count). The molecule has 3 N–H and O–H groups in total. The largest absolute Gasteiger partial charge is 0.384 e. The predicted octanol–water partition coefficient (Wildman–Crippen LogP) is 4.99. The maximum atomic E-state index is 13.0. The van der Waals surface area contributed by atoms with Gasteiger partial charge in [-0.1, -0.05) is 42.3 Å². The van der Waals surface area contributed by atoms with Crippen LogP contribution in [0.25, 0.3) is 27.9 Å². The third kappa shape index (κ3) is 3.39. The highest BCUT2D eigenvalue weighted by molar-refractivity contribution is 6.42. The van der Waals surface area contributed by atoms with Crippen LogP contribution in [0.1, 0.15) is 30.6 Å². The fourth-order valence-corrected chi connectivity index (χ4v) is 3.46. The zero-order chi connectivity index (χ0) is 20.7. The normalized spacial score (nSPS) is 12.4. The molecule has 0 aliphatic rings. The van der Waals surface area contributed by atoms with Gasteiger partial charge in [0.05, 0.1) is 26.8 Å². The maximum Gasteiger partial charge on any atom is 0.257 e. The van der Waals surface area contributed by atoms with E-state index in [0.717, 1.165) is 6.42 Å². The number of para-hydroxylation sites is 2. The third-order valence-corrected chi connectivity index (χ3v) is 5.62. The van der Waals surface area contributed by atoms with E-state index in [1.54, 1.807) is 22.8 Å². The van der Waals surface area contributed by atoms with E-state index in [-0.39, 0.29) is 17.8 Å². The molecule has 0 bridgehead atoms. The summed E-state index contributed by atoms with van der Waals surface area (Å²) in [7, 11) is 0. The molecule has 1 amide bonds. The van der Waals surface area contributed by atoms with E-state index in [2.05, 4.69) is 5.32 Å². The number of nitrogen functional groups attached to an aromatic ring is 1. The topological polar surface area (TPSA) is 85.8 Å². The standard InChI is InChI=1S/C21H19Cl2N5O/c1-3-11(2)25-21(29)17-18-20(27-16-7-5-4-6-15(16)26-18)28(19(17)24)12-8-9-13(22)14(23)10-12/h4-11H,3,24H2,1-2H3,(H,25,29)/t11-/m0/s1. The summed E-state index contributed by atoms with van der Waals surface area (Å²) < 4.78 is 1.68. The third-order valence-electron chi connectivity index (χ3n) is 4.88. The lowest BCUT2D eigenvalue weighted by atomic mass is 10.2. The Balaban J connectivity index is 2.04. The molecule has 1 atom stereocenters. The van der Waals surface area contributed by atoms with E-state index < -0.39 is 0 Å². The van der Waals surface area contributed by atoms with E-state index >= 15 is 0 Å². The van der Waals surface area contributed by atoms with Crippen molar-refractivity contribution in [3.05, 3.63) is 58.1 Å². The number of benzene rings is 2. The van der Waals surface area contributed by atoms with Gasteiger partial charge in [0.25, 0.3) is 5.91 Å². The van der Waals surface area contributed by atoms with Crippen LogP contribution in [0.15, 0.2) is 42.5 Å². The molecule has 0 fully saturated rings. The second-order valence-electron chi connectivity index (χ2n) is 6.86. The lowest BCUT2D eigenvalue weighted by molar-refractivity contribution is 0.0941. The van der Waals surface area contributed by atoms with Gasteiger partial charge in [0.1, 0.15) is 16.9 Å². The zero-order valence-electron chi connectivity index (χ0n) is 15.9. The number of nitrogens with two attached hydrogens (primary N) is 1. The second-order valence-corrected chi connectivity index (χ2v) is 7.68. The Morgan fingerprint density at radius 1 is 1.14 bits per heavy atom. The highest BCUT2D eigenvalue weighted by atomic mass is 35.5. The molecule has 29 heavy (non-hydrogen) atoms. The van der Waals surface area contributed by atoms with Gasteiger partial charge in [-0.3, -0.25) is 9.36 Å². The van der Waals surface area contributed by atoms with Crippen LogP contribution in [0.4, 0.5) is 5.82 Å². The molecule has 0 radical (unpaired) electrons. The zero-order valence-corrected chi connectivity index (χ0v) is 17.4. The Morgan fingerprint density at radius 3 is 2.48 bits per heavy atom. The van der Waals surface area contributed by atoms with E-state index in [0.29, 0.717) is 43.5 Å². The second kappa shape index (κ2) is 7.54. The van der Waals surface area contributed by atoms with Gasteiger partial charge in [-0.05, 0) is 43.7 Å². The summed E-state index contributed by atoms with van der Waals surface area (Å²) >= 11 is 12.3. The first-order valence-electron chi connectivity index (χ1n) is 9.23. The Kier molecular flexibility index (Phi) is 5.06. The molecule has 2 aromatic carbocycles. The quantitative estimate of drug-likeness (QED) is 0.480. The minimum absolute atomic E-state index is 0.00121. The smallest absolute Gasteiger partial charge is 0.257 e. The van der Waals surface area contributed by atoms with E-state index in [1.165, 1.54) is 0 Å². The average Bonchev–Trinajstić information content (AvgIpc) is 2.99. The van der Waals surface area contributed by atoms with Crippen molar-refractivity contribution in [2.24, 2.45) is 0 Å². The van der Waals surface area contributed by atoms with Crippen LogP contribution in [0.2, 0.25) is 10.0 Å². The van der Waals surface area contributed by atoms with Crippen LogP contribution in [0, 0.1) is 0 Å². The van der Waals surface area contributed by atoms with Crippen LogP contribution < -0.4 is 11.1 Å². The number of carbonyl (C=O) groups excluding carboxylic acids is 1. The molecular formula is C21H19Cl2N5O. The van der Waals surface area contributed by atoms with Gasteiger partial charge >= 0.3 is 0 Å². The van der Waals surface area contributed by atoms with Crippen LogP contribution in [-0.4, -0.2) is 26.5 Å². The molecule has 2 aromatic heterocycles.